The molecule has 0 unspecified atom stereocenters. The van der Waals surface area contributed by atoms with Crippen molar-refractivity contribution in [3.05, 3.63) is 39.4 Å². The van der Waals surface area contributed by atoms with Crippen molar-refractivity contribution in [1.82, 2.24) is 4.98 Å². The van der Waals surface area contributed by atoms with Crippen LogP contribution < -0.4 is 4.74 Å². The Morgan fingerprint density at radius 3 is 2.94 bits per heavy atom. The van der Waals surface area contributed by atoms with Crippen molar-refractivity contribution < 1.29 is 9.84 Å². The largest absolute Gasteiger partial charge is 0.431 e. The molecule has 1 aliphatic carbocycles. The van der Waals surface area contributed by atoms with Crippen molar-refractivity contribution in [2.75, 3.05) is 0 Å². The molecule has 0 radical (unpaired) electrons. The average molecular weight is 282 g/mol. The SMILES string of the molecule is OCc1sc(Oc2ccc3c(c2)CCC3)nc1Cl. The second kappa shape index (κ2) is 4.88. The summed E-state index contributed by atoms with van der Waals surface area (Å²) in [6.45, 7) is -0.107. The lowest BCUT2D eigenvalue weighted by molar-refractivity contribution is 0.285. The lowest BCUT2D eigenvalue weighted by atomic mass is 10.1. The summed E-state index contributed by atoms with van der Waals surface area (Å²) in [4.78, 5) is 4.70. The highest BCUT2D eigenvalue weighted by Gasteiger charge is 2.13. The molecular formula is C13H12ClNO2S. The average Bonchev–Trinajstić information content (AvgIpc) is 2.95. The molecule has 1 N–H and O–H groups in total. The zero-order valence-corrected chi connectivity index (χ0v) is 11.2. The van der Waals surface area contributed by atoms with Crippen LogP contribution in [0.3, 0.4) is 0 Å². The number of benzene rings is 1. The number of hydrogen-bond acceptors (Lipinski definition) is 4. The highest BCUT2D eigenvalue weighted by molar-refractivity contribution is 7.13. The van der Waals surface area contributed by atoms with E-state index in [1.807, 2.05) is 6.07 Å². The third-order valence-corrected chi connectivity index (χ3v) is 4.39. The second-order valence-electron chi connectivity index (χ2n) is 4.24. The zero-order valence-electron chi connectivity index (χ0n) is 9.65. The van der Waals surface area contributed by atoms with Crippen LogP contribution in [-0.2, 0) is 19.4 Å². The van der Waals surface area contributed by atoms with E-state index in [1.54, 1.807) is 0 Å². The lowest BCUT2D eigenvalue weighted by Crippen LogP contribution is -1.86. The van der Waals surface area contributed by atoms with E-state index < -0.39 is 0 Å². The number of aliphatic hydroxyl groups excluding tert-OH is 1. The minimum Gasteiger partial charge on any atom is -0.431 e. The summed E-state index contributed by atoms with van der Waals surface area (Å²) in [7, 11) is 0. The number of thiazole rings is 1. The first-order valence-corrected chi connectivity index (χ1v) is 7.01. The predicted molar refractivity (Wildman–Crippen MR) is 71.6 cm³/mol. The smallest absolute Gasteiger partial charge is 0.280 e. The standard InChI is InChI=1S/C13H12ClNO2S/c14-12-11(7-16)18-13(15-12)17-10-5-4-8-2-1-3-9(8)6-10/h4-6,16H,1-3,7H2. The molecule has 3 nitrogen and oxygen atoms in total. The maximum absolute atomic E-state index is 9.06. The molecule has 0 spiro atoms. The van der Waals surface area contributed by atoms with Gasteiger partial charge in [-0.2, -0.15) is 4.98 Å². The number of halogens is 1. The topological polar surface area (TPSA) is 42.4 Å². The summed E-state index contributed by atoms with van der Waals surface area (Å²) in [5, 5.41) is 9.85. The fourth-order valence-corrected chi connectivity index (χ4v) is 3.15. The summed E-state index contributed by atoms with van der Waals surface area (Å²) in [6, 6.07) is 6.13. The van der Waals surface area contributed by atoms with Crippen LogP contribution in [0.5, 0.6) is 10.9 Å². The molecule has 1 aromatic heterocycles. The van der Waals surface area contributed by atoms with E-state index in [2.05, 4.69) is 17.1 Å². The molecule has 0 atom stereocenters. The summed E-state index contributed by atoms with van der Waals surface area (Å²) >= 11 is 7.14. The third-order valence-electron chi connectivity index (χ3n) is 3.05. The van der Waals surface area contributed by atoms with Gasteiger partial charge in [-0.25, -0.2) is 0 Å². The zero-order chi connectivity index (χ0) is 12.5. The van der Waals surface area contributed by atoms with Gasteiger partial charge in [0, 0.05) is 0 Å². The summed E-state index contributed by atoms with van der Waals surface area (Å²) in [6.07, 6.45) is 3.50. The molecule has 5 heteroatoms. The second-order valence-corrected chi connectivity index (χ2v) is 5.64. The Labute approximate surface area is 114 Å². The van der Waals surface area contributed by atoms with Gasteiger partial charge < -0.3 is 9.84 Å². The van der Waals surface area contributed by atoms with Crippen molar-refractivity contribution in [3.8, 4) is 10.9 Å². The normalized spacial score (nSPS) is 13.7. The van der Waals surface area contributed by atoms with Gasteiger partial charge in [0.25, 0.3) is 5.19 Å². The van der Waals surface area contributed by atoms with Gasteiger partial charge in [0.1, 0.15) is 10.9 Å². The molecule has 94 valence electrons. The Hall–Kier alpha value is -1.10. The first-order valence-electron chi connectivity index (χ1n) is 5.82. The molecular weight excluding hydrogens is 270 g/mol. The van der Waals surface area contributed by atoms with Crippen molar-refractivity contribution in [2.24, 2.45) is 0 Å². The predicted octanol–water partition coefficient (Wildman–Crippen LogP) is 3.57. The van der Waals surface area contributed by atoms with Gasteiger partial charge >= 0.3 is 0 Å². The minimum absolute atomic E-state index is 0.107. The monoisotopic (exact) mass is 281 g/mol. The van der Waals surface area contributed by atoms with Gasteiger partial charge in [-0.1, -0.05) is 29.0 Å². The van der Waals surface area contributed by atoms with E-state index in [-0.39, 0.29) is 6.61 Å². The number of nitrogens with zero attached hydrogens (tertiary/aromatic N) is 1. The molecule has 1 aromatic carbocycles. The van der Waals surface area contributed by atoms with Crippen LogP contribution in [0.15, 0.2) is 18.2 Å². The fourth-order valence-electron chi connectivity index (χ4n) is 2.17. The highest BCUT2D eigenvalue weighted by atomic mass is 35.5. The molecule has 18 heavy (non-hydrogen) atoms. The van der Waals surface area contributed by atoms with Gasteiger partial charge in [-0.3, -0.25) is 0 Å². The maximum Gasteiger partial charge on any atom is 0.280 e. The molecule has 3 rings (SSSR count). The Morgan fingerprint density at radius 1 is 1.33 bits per heavy atom. The van der Waals surface area contributed by atoms with E-state index in [0.29, 0.717) is 15.2 Å². The number of aromatic nitrogens is 1. The van der Waals surface area contributed by atoms with E-state index >= 15 is 0 Å². The quantitative estimate of drug-likeness (QED) is 0.935. The van der Waals surface area contributed by atoms with Gasteiger partial charge in [-0.05, 0) is 42.5 Å². The van der Waals surface area contributed by atoms with Crippen LogP contribution in [0.2, 0.25) is 5.15 Å². The van der Waals surface area contributed by atoms with Crippen molar-refractivity contribution >= 4 is 22.9 Å². The van der Waals surface area contributed by atoms with Gasteiger partial charge in [-0.15, -0.1) is 0 Å². The van der Waals surface area contributed by atoms with Crippen LogP contribution in [0.1, 0.15) is 22.4 Å². The lowest BCUT2D eigenvalue weighted by Gasteiger charge is -2.04. The molecule has 2 aromatic rings. The van der Waals surface area contributed by atoms with E-state index in [4.69, 9.17) is 21.4 Å². The van der Waals surface area contributed by atoms with E-state index in [0.717, 1.165) is 18.6 Å². The van der Waals surface area contributed by atoms with Gasteiger partial charge in [0.05, 0.1) is 11.5 Å². The number of aryl methyl sites for hydroxylation is 2. The molecule has 1 aliphatic rings. The fraction of sp³-hybridized carbons (Fsp3) is 0.308. The third kappa shape index (κ3) is 2.23. The minimum atomic E-state index is -0.107. The van der Waals surface area contributed by atoms with Crippen molar-refractivity contribution in [1.29, 1.82) is 0 Å². The number of aliphatic hydroxyl groups is 1. The van der Waals surface area contributed by atoms with Gasteiger partial charge in [0.15, 0.2) is 0 Å². The Balaban J connectivity index is 1.83. The molecule has 0 aliphatic heterocycles. The van der Waals surface area contributed by atoms with Crippen molar-refractivity contribution in [3.63, 3.8) is 0 Å². The Kier molecular flexibility index (Phi) is 3.24. The molecule has 1 heterocycles. The first-order chi connectivity index (χ1) is 8.76. The molecule has 0 bridgehead atoms. The van der Waals surface area contributed by atoms with Crippen LogP contribution in [0, 0.1) is 0 Å². The number of rotatable bonds is 3. The summed E-state index contributed by atoms with van der Waals surface area (Å²) < 4.78 is 5.68. The Bertz CT molecular complexity index is 582. The van der Waals surface area contributed by atoms with E-state index in [1.165, 1.54) is 28.9 Å². The Morgan fingerprint density at radius 2 is 2.17 bits per heavy atom. The first kappa shape index (κ1) is 12.0. The van der Waals surface area contributed by atoms with Crippen LogP contribution in [0.25, 0.3) is 0 Å². The summed E-state index contributed by atoms with van der Waals surface area (Å²) in [5.74, 6) is 0.783. The molecule has 0 fully saturated rings. The number of hydrogen-bond donors (Lipinski definition) is 1. The number of fused-ring (bicyclic) bond motifs is 1. The van der Waals surface area contributed by atoms with Crippen LogP contribution >= 0.6 is 22.9 Å². The maximum atomic E-state index is 9.06. The summed E-state index contributed by atoms with van der Waals surface area (Å²) in [5.41, 5.74) is 2.77. The van der Waals surface area contributed by atoms with Crippen LogP contribution in [-0.4, -0.2) is 10.1 Å². The van der Waals surface area contributed by atoms with Crippen LogP contribution in [0.4, 0.5) is 0 Å². The number of ether oxygens (including phenoxy) is 1. The van der Waals surface area contributed by atoms with Gasteiger partial charge in [0.2, 0.25) is 0 Å². The molecule has 0 amide bonds. The molecule has 0 saturated carbocycles. The van der Waals surface area contributed by atoms with E-state index in [9.17, 15) is 0 Å². The highest BCUT2D eigenvalue weighted by Crippen LogP contribution is 2.33. The molecule has 0 saturated heterocycles. The van der Waals surface area contributed by atoms with Crippen molar-refractivity contribution in [2.45, 2.75) is 25.9 Å².